The topological polar surface area (TPSA) is 304 Å². The van der Waals surface area contributed by atoms with Crippen LogP contribution >= 0.6 is 0 Å². The summed E-state index contributed by atoms with van der Waals surface area (Å²) in [5.74, 6) is -4.60. The number of benzene rings is 2. The molecule has 22 heteroatoms. The molecule has 79 heavy (non-hydrogen) atoms. The number of nitrogens with one attached hydrogen (secondary N) is 7. The van der Waals surface area contributed by atoms with E-state index in [2.05, 4.69) is 36.6 Å². The number of primary amides is 1. The number of urea groups is 1. The molecule has 1 heterocycles. The lowest BCUT2D eigenvalue weighted by Crippen LogP contribution is -2.61. The van der Waals surface area contributed by atoms with Crippen molar-refractivity contribution in [3.63, 3.8) is 0 Å². The first kappa shape index (κ1) is 64.6. The molecule has 434 valence electrons. The summed E-state index contributed by atoms with van der Waals surface area (Å²) in [6.45, 7) is 18.5. The van der Waals surface area contributed by atoms with Crippen LogP contribution in [0.4, 0.5) is 4.79 Å². The Morgan fingerprint density at radius 3 is 1.91 bits per heavy atom. The molecule has 2 aliphatic rings. The summed E-state index contributed by atoms with van der Waals surface area (Å²) in [4.78, 5) is 120. The average molecular weight is 1120 g/mol. The molecular formula is C57H84N10O11S. The van der Waals surface area contributed by atoms with Crippen molar-refractivity contribution in [1.82, 2.24) is 46.4 Å². The fraction of sp³-hybridized carbons (Fsp3) is 0.561. The van der Waals surface area contributed by atoms with E-state index in [0.717, 1.165) is 10.5 Å². The summed E-state index contributed by atoms with van der Waals surface area (Å²) in [6, 6.07) is 10.1. The molecule has 0 spiro atoms. The van der Waals surface area contributed by atoms with Gasteiger partial charge in [0.1, 0.15) is 18.1 Å². The van der Waals surface area contributed by atoms with Crippen LogP contribution in [0.5, 0.6) is 0 Å². The Bertz CT molecular complexity index is 2700. The first-order valence-electron chi connectivity index (χ1n) is 27.0. The number of hydrogen-bond donors (Lipinski definition) is 8. The van der Waals surface area contributed by atoms with Crippen molar-refractivity contribution in [2.45, 2.75) is 167 Å². The number of carbonyl (C=O) groups is 9. The van der Waals surface area contributed by atoms with Crippen LogP contribution in [0.3, 0.4) is 0 Å². The lowest BCUT2D eigenvalue weighted by atomic mass is 9.76. The number of nitrogens with two attached hydrogens (primary N) is 1. The third-order valence-corrected chi connectivity index (χ3v) is 15.9. The predicted octanol–water partition coefficient (Wildman–Crippen LogP) is 3.68. The summed E-state index contributed by atoms with van der Waals surface area (Å²) in [5.41, 5.74) is 4.48. The van der Waals surface area contributed by atoms with Gasteiger partial charge in [0.15, 0.2) is 0 Å². The summed E-state index contributed by atoms with van der Waals surface area (Å²) in [6.07, 6.45) is 6.86. The standard InChI is InChI=1S/C57H84N10O11S/c1-35(2)42(66(12)53(75)48(55(6,7)8)63-52(74)47(59-11)56(9,10)38-20-15-13-16-21-38)34-37(5)49(71)65-79(77,78)40-26-24-39(25-27-40)57(30-31-57)64-50(72)41(22-19-32-60-54(58)76)61-51(73)46(36(3)4)62-43(68)23-17-14-18-33-67-44(69)28-29-45(67)70/h13,15-16,20-21,24-29,34-36,41-42,46-48,59H,14,17-19,22-23,30-33H2,1-12H3,(H,61,73)(H,62,68)(H,63,74)(H,64,72)(H,65,71)(H3,58,60,76)/b37-34+/t41-,42+,46?,47+,48?/m0/s1. The van der Waals surface area contributed by atoms with Gasteiger partial charge in [0.2, 0.25) is 29.5 Å². The fourth-order valence-corrected chi connectivity index (χ4v) is 10.5. The lowest BCUT2D eigenvalue weighted by Gasteiger charge is -2.40. The number of unbranched alkanes of at least 4 members (excludes halogenated alkanes) is 2. The molecule has 21 nitrogen and oxygen atoms in total. The molecule has 0 radical (unpaired) electrons. The Morgan fingerprint density at radius 2 is 1.38 bits per heavy atom. The third-order valence-electron chi connectivity index (χ3n) is 14.6. The van der Waals surface area contributed by atoms with Crippen LogP contribution in [0.15, 0.2) is 83.3 Å². The van der Waals surface area contributed by atoms with Crippen LogP contribution in [-0.4, -0.2) is 129 Å². The van der Waals surface area contributed by atoms with Gasteiger partial charge in [-0.15, -0.1) is 0 Å². The van der Waals surface area contributed by atoms with E-state index in [-0.39, 0.29) is 72.4 Å². The number of imide groups is 1. The molecule has 1 fully saturated rings. The maximum Gasteiger partial charge on any atom is 0.312 e. The molecule has 2 unspecified atom stereocenters. The van der Waals surface area contributed by atoms with Crippen LogP contribution < -0.4 is 42.4 Å². The van der Waals surface area contributed by atoms with E-state index in [1.807, 2.05) is 78.8 Å². The molecule has 10 amide bonds. The Labute approximate surface area is 465 Å². The van der Waals surface area contributed by atoms with E-state index in [1.54, 1.807) is 27.9 Å². The molecule has 1 saturated carbocycles. The van der Waals surface area contributed by atoms with Crippen molar-refractivity contribution < 1.29 is 51.6 Å². The number of hydrogen-bond acceptors (Lipinski definition) is 12. The Kier molecular flexibility index (Phi) is 22.7. The number of amides is 10. The number of likely N-dealkylation sites (N-methyl/N-ethyl adjacent to an activating group) is 2. The molecule has 4 rings (SSSR count). The highest BCUT2D eigenvalue weighted by Crippen LogP contribution is 2.46. The SMILES string of the molecule is CN[C@H](C(=O)NC(C(=O)N(C)[C@H](/C=C(\C)C(=O)NS(=O)(=O)c1ccc(C2(NC(=O)[C@H](CCCNC(N)=O)NC(=O)C(NC(=O)CCCCCN3C(=O)C=CC3=O)C(C)C)CC2)cc1)C(C)C)C(C)(C)C)C(C)(C)c1ccccc1. The minimum Gasteiger partial charge on any atom is -0.352 e. The largest absolute Gasteiger partial charge is 0.352 e. The van der Waals surface area contributed by atoms with Crippen molar-refractivity contribution in [3.8, 4) is 0 Å². The van der Waals surface area contributed by atoms with Crippen molar-refractivity contribution in [3.05, 3.63) is 89.5 Å². The van der Waals surface area contributed by atoms with Gasteiger partial charge in [-0.2, -0.15) is 0 Å². The molecule has 5 atom stereocenters. The second-order valence-corrected chi connectivity index (χ2v) is 24.6. The average Bonchev–Trinajstić information content (AvgIpc) is 4.12. The first-order chi connectivity index (χ1) is 36.9. The maximum absolute atomic E-state index is 14.4. The van der Waals surface area contributed by atoms with Crippen molar-refractivity contribution in [2.24, 2.45) is 23.0 Å². The van der Waals surface area contributed by atoms with Gasteiger partial charge in [-0.05, 0) is 93.0 Å². The molecule has 1 aliphatic carbocycles. The normalized spacial score (nSPS) is 16.3. The Hall–Kier alpha value is -6.94. The van der Waals surface area contributed by atoms with Gasteiger partial charge >= 0.3 is 6.03 Å². The van der Waals surface area contributed by atoms with Crippen LogP contribution in [0.1, 0.15) is 132 Å². The van der Waals surface area contributed by atoms with Gasteiger partial charge in [0, 0.05) is 49.7 Å². The van der Waals surface area contributed by atoms with Gasteiger partial charge in [-0.3, -0.25) is 43.3 Å². The summed E-state index contributed by atoms with van der Waals surface area (Å²) < 4.78 is 29.6. The van der Waals surface area contributed by atoms with Crippen LogP contribution in [0.2, 0.25) is 0 Å². The van der Waals surface area contributed by atoms with Gasteiger partial charge in [0.05, 0.1) is 22.5 Å². The van der Waals surface area contributed by atoms with Crippen molar-refractivity contribution in [2.75, 3.05) is 27.2 Å². The predicted molar refractivity (Wildman–Crippen MR) is 300 cm³/mol. The van der Waals surface area contributed by atoms with E-state index >= 15 is 0 Å². The molecule has 2 aromatic rings. The van der Waals surface area contributed by atoms with Crippen molar-refractivity contribution in [1.29, 1.82) is 0 Å². The number of carbonyl (C=O) groups excluding carboxylic acids is 9. The van der Waals surface area contributed by atoms with Crippen LogP contribution in [0.25, 0.3) is 0 Å². The fourth-order valence-electron chi connectivity index (χ4n) is 9.52. The lowest BCUT2D eigenvalue weighted by molar-refractivity contribution is -0.141. The molecule has 2 aromatic carbocycles. The number of sulfonamides is 1. The second-order valence-electron chi connectivity index (χ2n) is 22.9. The molecule has 0 aromatic heterocycles. The highest BCUT2D eigenvalue weighted by Gasteiger charge is 2.47. The molecule has 0 bridgehead atoms. The Morgan fingerprint density at radius 1 is 0.772 bits per heavy atom. The Balaban J connectivity index is 1.42. The van der Waals surface area contributed by atoms with Crippen molar-refractivity contribution >= 4 is 63.3 Å². The highest BCUT2D eigenvalue weighted by molar-refractivity contribution is 7.90. The maximum atomic E-state index is 14.4. The number of nitrogens with zero attached hydrogens (tertiary/aromatic N) is 2. The van der Waals surface area contributed by atoms with Crippen LogP contribution in [0, 0.1) is 17.3 Å². The van der Waals surface area contributed by atoms with Crippen LogP contribution in [-0.2, 0) is 59.3 Å². The van der Waals surface area contributed by atoms with Gasteiger partial charge in [-0.25, -0.2) is 17.9 Å². The van der Waals surface area contributed by atoms with E-state index in [0.29, 0.717) is 37.7 Å². The highest BCUT2D eigenvalue weighted by atomic mass is 32.2. The summed E-state index contributed by atoms with van der Waals surface area (Å²) in [7, 11) is -1.16. The van der Waals surface area contributed by atoms with Gasteiger partial charge in [-0.1, -0.05) is 117 Å². The zero-order valence-electron chi connectivity index (χ0n) is 47.9. The van der Waals surface area contributed by atoms with Gasteiger partial charge < -0.3 is 42.5 Å². The zero-order valence-corrected chi connectivity index (χ0v) is 48.7. The second kappa shape index (κ2) is 27.8. The first-order valence-corrected chi connectivity index (χ1v) is 28.5. The van der Waals surface area contributed by atoms with Gasteiger partial charge in [0.25, 0.3) is 27.7 Å². The third kappa shape index (κ3) is 17.8. The van der Waals surface area contributed by atoms with E-state index < -0.39 is 92.2 Å². The molecule has 1 aliphatic heterocycles. The minimum atomic E-state index is -4.44. The van der Waals surface area contributed by atoms with E-state index in [4.69, 9.17) is 5.73 Å². The number of rotatable bonds is 29. The minimum absolute atomic E-state index is 0.0290. The molecule has 0 saturated heterocycles. The monoisotopic (exact) mass is 1120 g/mol. The summed E-state index contributed by atoms with van der Waals surface area (Å²) in [5, 5.41) is 17.2. The van der Waals surface area contributed by atoms with E-state index in [9.17, 15) is 51.6 Å². The zero-order chi connectivity index (χ0) is 59.2. The van der Waals surface area contributed by atoms with E-state index in [1.165, 1.54) is 54.3 Å². The summed E-state index contributed by atoms with van der Waals surface area (Å²) >= 11 is 0. The molecular weight excluding hydrogens is 1030 g/mol. The quantitative estimate of drug-likeness (QED) is 0.0329. The molecule has 9 N–H and O–H groups in total. The smallest absolute Gasteiger partial charge is 0.312 e.